The fourth-order valence-electron chi connectivity index (χ4n) is 2.15. The maximum absolute atomic E-state index is 9.15. The Morgan fingerprint density at radius 1 is 1.22 bits per heavy atom. The molecule has 18 heavy (non-hydrogen) atoms. The van der Waals surface area contributed by atoms with Crippen LogP contribution in [0.25, 0.3) is 0 Å². The quantitative estimate of drug-likeness (QED) is 0.839. The molecule has 1 aromatic carbocycles. The monoisotopic (exact) mass is 251 g/mol. The van der Waals surface area contributed by atoms with Gasteiger partial charge >= 0.3 is 0 Å². The summed E-state index contributed by atoms with van der Waals surface area (Å²) in [5.41, 5.74) is 1.13. The second-order valence-corrected chi connectivity index (χ2v) is 4.79. The van der Waals surface area contributed by atoms with Crippen LogP contribution in [0.1, 0.15) is 31.9 Å². The first-order valence-electron chi connectivity index (χ1n) is 6.47. The van der Waals surface area contributed by atoms with Gasteiger partial charge in [0.25, 0.3) is 0 Å². The first-order chi connectivity index (χ1) is 8.70. The topological polar surface area (TPSA) is 50.7 Å². The van der Waals surface area contributed by atoms with Crippen LogP contribution in [0.15, 0.2) is 18.2 Å². The van der Waals surface area contributed by atoms with Gasteiger partial charge in [0.05, 0.1) is 0 Å². The van der Waals surface area contributed by atoms with Gasteiger partial charge in [-0.3, -0.25) is 0 Å². The van der Waals surface area contributed by atoms with Crippen molar-refractivity contribution >= 4 is 0 Å². The summed E-state index contributed by atoms with van der Waals surface area (Å²) in [5.74, 6) is 1.60. The Morgan fingerprint density at radius 2 is 1.94 bits per heavy atom. The van der Waals surface area contributed by atoms with E-state index in [1.807, 2.05) is 18.2 Å². The van der Waals surface area contributed by atoms with Gasteiger partial charge < -0.3 is 19.9 Å². The van der Waals surface area contributed by atoms with Crippen LogP contribution in [0.4, 0.5) is 0 Å². The molecule has 1 aliphatic rings. The molecule has 0 aliphatic carbocycles. The molecule has 0 saturated heterocycles. The number of fused-ring (bicyclic) bond motifs is 1. The van der Waals surface area contributed by atoms with Crippen molar-refractivity contribution in [2.24, 2.45) is 0 Å². The van der Waals surface area contributed by atoms with Crippen LogP contribution in [-0.2, 0) is 0 Å². The summed E-state index contributed by atoms with van der Waals surface area (Å²) in [4.78, 5) is 0. The van der Waals surface area contributed by atoms with Gasteiger partial charge in [-0.1, -0.05) is 19.9 Å². The molecule has 1 heterocycles. The van der Waals surface area contributed by atoms with Crippen LogP contribution in [0, 0.1) is 0 Å². The molecular weight excluding hydrogens is 230 g/mol. The Morgan fingerprint density at radius 3 is 2.61 bits per heavy atom. The highest BCUT2D eigenvalue weighted by Crippen LogP contribution is 2.33. The van der Waals surface area contributed by atoms with E-state index in [0.29, 0.717) is 25.7 Å². The molecule has 0 fully saturated rings. The normalized spacial score (nSPS) is 15.8. The molecule has 1 aromatic rings. The maximum atomic E-state index is 9.15. The predicted octanol–water partition coefficient (Wildman–Crippen LogP) is 1.88. The van der Waals surface area contributed by atoms with Crippen molar-refractivity contribution in [2.75, 3.05) is 19.8 Å². The van der Waals surface area contributed by atoms with Crippen molar-refractivity contribution in [1.82, 2.24) is 5.32 Å². The van der Waals surface area contributed by atoms with Crippen molar-refractivity contribution in [2.45, 2.75) is 32.4 Å². The molecule has 2 N–H and O–H groups in total. The largest absolute Gasteiger partial charge is 0.486 e. The van der Waals surface area contributed by atoms with Crippen molar-refractivity contribution in [3.63, 3.8) is 0 Å². The Hall–Kier alpha value is -1.26. The van der Waals surface area contributed by atoms with Crippen LogP contribution < -0.4 is 14.8 Å². The van der Waals surface area contributed by atoms with E-state index >= 15 is 0 Å². The zero-order valence-corrected chi connectivity index (χ0v) is 11.0. The van der Waals surface area contributed by atoms with E-state index in [1.54, 1.807) is 0 Å². The molecule has 4 heteroatoms. The molecule has 0 spiro atoms. The number of nitrogens with one attached hydrogen (secondary N) is 1. The van der Waals surface area contributed by atoms with Crippen LogP contribution in [0.3, 0.4) is 0 Å². The summed E-state index contributed by atoms with van der Waals surface area (Å²) in [6.07, 6.45) is 0.692. The van der Waals surface area contributed by atoms with E-state index in [0.717, 1.165) is 17.1 Å². The second-order valence-electron chi connectivity index (χ2n) is 4.79. The van der Waals surface area contributed by atoms with Gasteiger partial charge in [0.1, 0.15) is 13.2 Å². The van der Waals surface area contributed by atoms with Crippen molar-refractivity contribution in [1.29, 1.82) is 0 Å². The molecule has 1 atom stereocenters. The Bertz CT molecular complexity index is 393. The van der Waals surface area contributed by atoms with E-state index in [9.17, 15) is 0 Å². The van der Waals surface area contributed by atoms with Gasteiger partial charge in [-0.25, -0.2) is 0 Å². The number of rotatable bonds is 5. The average Bonchev–Trinajstić information content (AvgIpc) is 2.37. The molecule has 1 aliphatic heterocycles. The van der Waals surface area contributed by atoms with Gasteiger partial charge in [0, 0.05) is 18.7 Å². The molecule has 0 unspecified atom stereocenters. The second kappa shape index (κ2) is 6.07. The summed E-state index contributed by atoms with van der Waals surface area (Å²) in [5, 5.41) is 12.6. The van der Waals surface area contributed by atoms with Gasteiger partial charge in [-0.2, -0.15) is 0 Å². The molecule has 0 radical (unpaired) electrons. The lowest BCUT2D eigenvalue weighted by molar-refractivity contribution is 0.171. The third kappa shape index (κ3) is 3.15. The first-order valence-corrected chi connectivity index (χ1v) is 6.47. The summed E-state index contributed by atoms with van der Waals surface area (Å²) < 4.78 is 11.1. The van der Waals surface area contributed by atoms with Crippen molar-refractivity contribution in [3.8, 4) is 11.5 Å². The molecule has 0 aromatic heterocycles. The molecule has 0 saturated carbocycles. The lowest BCUT2D eigenvalue weighted by atomic mass is 10.0. The van der Waals surface area contributed by atoms with Crippen molar-refractivity contribution < 1.29 is 14.6 Å². The minimum absolute atomic E-state index is 0.144. The zero-order valence-electron chi connectivity index (χ0n) is 11.0. The van der Waals surface area contributed by atoms with Crippen LogP contribution >= 0.6 is 0 Å². The van der Waals surface area contributed by atoms with E-state index < -0.39 is 0 Å². The zero-order chi connectivity index (χ0) is 13.0. The molecule has 0 amide bonds. The number of benzene rings is 1. The number of aliphatic hydroxyl groups excluding tert-OH is 1. The van der Waals surface area contributed by atoms with E-state index in [4.69, 9.17) is 14.6 Å². The van der Waals surface area contributed by atoms with Gasteiger partial charge in [0.15, 0.2) is 11.5 Å². The fraction of sp³-hybridized carbons (Fsp3) is 0.571. The van der Waals surface area contributed by atoms with Gasteiger partial charge in [-0.05, 0) is 24.1 Å². The van der Waals surface area contributed by atoms with Gasteiger partial charge in [-0.15, -0.1) is 0 Å². The van der Waals surface area contributed by atoms with Crippen LogP contribution in [-0.4, -0.2) is 31.0 Å². The van der Waals surface area contributed by atoms with E-state index in [2.05, 4.69) is 19.2 Å². The van der Waals surface area contributed by atoms with Crippen LogP contribution in [0.2, 0.25) is 0 Å². The SMILES string of the molecule is CC(C)N[C@@H](CCO)c1ccc2c(c1)OCCO2. The maximum Gasteiger partial charge on any atom is 0.161 e. The number of hydrogen-bond donors (Lipinski definition) is 2. The Kier molecular flexibility index (Phi) is 4.44. The van der Waals surface area contributed by atoms with Crippen molar-refractivity contribution in [3.05, 3.63) is 23.8 Å². The molecule has 2 rings (SSSR count). The molecule has 4 nitrogen and oxygen atoms in total. The summed E-state index contributed by atoms with van der Waals surface area (Å²) in [6, 6.07) is 6.49. The lowest BCUT2D eigenvalue weighted by Gasteiger charge is -2.24. The predicted molar refractivity (Wildman–Crippen MR) is 70.1 cm³/mol. The minimum atomic E-state index is 0.144. The third-order valence-electron chi connectivity index (χ3n) is 2.92. The number of ether oxygens (including phenoxy) is 2. The Balaban J connectivity index is 2.18. The lowest BCUT2D eigenvalue weighted by Crippen LogP contribution is -2.29. The molecule has 0 bridgehead atoms. The fourth-order valence-corrected chi connectivity index (χ4v) is 2.15. The average molecular weight is 251 g/mol. The number of aliphatic hydroxyl groups is 1. The third-order valence-corrected chi connectivity index (χ3v) is 2.92. The van der Waals surface area contributed by atoms with Crippen LogP contribution in [0.5, 0.6) is 11.5 Å². The van der Waals surface area contributed by atoms with E-state index in [1.165, 1.54) is 0 Å². The highest BCUT2D eigenvalue weighted by Gasteiger charge is 2.17. The summed E-state index contributed by atoms with van der Waals surface area (Å²) in [7, 11) is 0. The standard InChI is InChI=1S/C14H21NO3/c1-10(2)15-12(5-6-16)11-3-4-13-14(9-11)18-8-7-17-13/h3-4,9-10,12,15-16H,5-8H2,1-2H3/t12-/m0/s1. The van der Waals surface area contributed by atoms with Gasteiger partial charge in [0.2, 0.25) is 0 Å². The molecular formula is C14H21NO3. The summed E-state index contributed by atoms with van der Waals surface area (Å²) >= 11 is 0. The highest BCUT2D eigenvalue weighted by atomic mass is 16.6. The Labute approximate surface area is 108 Å². The minimum Gasteiger partial charge on any atom is -0.486 e. The highest BCUT2D eigenvalue weighted by molar-refractivity contribution is 5.44. The van der Waals surface area contributed by atoms with E-state index in [-0.39, 0.29) is 12.6 Å². The number of hydrogen-bond acceptors (Lipinski definition) is 4. The summed E-state index contributed by atoms with van der Waals surface area (Å²) in [6.45, 7) is 5.57. The molecule has 100 valence electrons. The smallest absolute Gasteiger partial charge is 0.161 e. The first kappa shape index (κ1) is 13.2.